The monoisotopic (exact) mass is 386 g/mol. The van der Waals surface area contributed by atoms with E-state index in [1.165, 1.54) is 10.9 Å². The molecule has 0 bridgehead atoms. The van der Waals surface area contributed by atoms with Gasteiger partial charge in [0.1, 0.15) is 5.69 Å². The number of H-pyrrole nitrogens is 1. The van der Waals surface area contributed by atoms with E-state index in [1.807, 2.05) is 0 Å². The van der Waals surface area contributed by atoms with Crippen LogP contribution < -0.4 is 10.9 Å². The van der Waals surface area contributed by atoms with Crippen molar-refractivity contribution in [3.05, 3.63) is 81.5 Å². The molecule has 1 atom stereocenters. The SMILES string of the molecule is O=C(O)C[C@H](NC(=O)c1cc(=O)n(-c2ccc(Cl)cc2)[nH]1)c1cccnc1. The number of aromatic amines is 1. The molecule has 1 amide bonds. The van der Waals surface area contributed by atoms with Crippen molar-refractivity contribution in [2.45, 2.75) is 12.5 Å². The highest BCUT2D eigenvalue weighted by molar-refractivity contribution is 6.30. The summed E-state index contributed by atoms with van der Waals surface area (Å²) in [6.45, 7) is 0. The molecule has 3 rings (SSSR count). The van der Waals surface area contributed by atoms with Crippen LogP contribution in [0.3, 0.4) is 0 Å². The molecule has 3 N–H and O–H groups in total. The molecule has 1 aromatic carbocycles. The number of hydrogen-bond donors (Lipinski definition) is 3. The van der Waals surface area contributed by atoms with Gasteiger partial charge in [0.15, 0.2) is 0 Å². The second kappa shape index (κ2) is 7.88. The quantitative estimate of drug-likeness (QED) is 0.600. The number of aliphatic carboxylic acids is 1. The predicted octanol–water partition coefficient (Wildman–Crippen LogP) is 2.16. The van der Waals surface area contributed by atoms with Crippen LogP contribution in [0, 0.1) is 0 Å². The first-order valence-corrected chi connectivity index (χ1v) is 8.32. The van der Waals surface area contributed by atoms with E-state index in [-0.39, 0.29) is 12.1 Å². The lowest BCUT2D eigenvalue weighted by Crippen LogP contribution is -2.30. The lowest BCUT2D eigenvalue weighted by molar-refractivity contribution is -0.137. The summed E-state index contributed by atoms with van der Waals surface area (Å²) in [4.78, 5) is 39.8. The number of rotatable bonds is 6. The van der Waals surface area contributed by atoms with Gasteiger partial charge >= 0.3 is 5.97 Å². The van der Waals surface area contributed by atoms with E-state index >= 15 is 0 Å². The highest BCUT2D eigenvalue weighted by Gasteiger charge is 2.21. The molecule has 0 unspecified atom stereocenters. The molecule has 2 aromatic heterocycles. The van der Waals surface area contributed by atoms with E-state index in [4.69, 9.17) is 16.7 Å². The number of carbonyl (C=O) groups is 2. The second-order valence-corrected chi connectivity index (χ2v) is 6.17. The van der Waals surface area contributed by atoms with Crippen molar-refractivity contribution < 1.29 is 14.7 Å². The molecular weight excluding hydrogens is 372 g/mol. The average molecular weight is 387 g/mol. The lowest BCUT2D eigenvalue weighted by Gasteiger charge is -2.16. The highest BCUT2D eigenvalue weighted by Crippen LogP contribution is 2.16. The molecule has 8 nitrogen and oxygen atoms in total. The smallest absolute Gasteiger partial charge is 0.305 e. The Labute approximate surface area is 158 Å². The summed E-state index contributed by atoms with van der Waals surface area (Å²) < 4.78 is 1.20. The maximum Gasteiger partial charge on any atom is 0.305 e. The van der Waals surface area contributed by atoms with Crippen LogP contribution >= 0.6 is 11.6 Å². The summed E-state index contributed by atoms with van der Waals surface area (Å²) in [5.74, 6) is -1.67. The van der Waals surface area contributed by atoms with Crippen molar-refractivity contribution in [3.63, 3.8) is 0 Å². The van der Waals surface area contributed by atoms with Gasteiger partial charge in [-0.25, -0.2) is 4.68 Å². The van der Waals surface area contributed by atoms with Gasteiger partial charge in [0, 0.05) is 23.5 Å². The minimum atomic E-state index is -1.07. The topological polar surface area (TPSA) is 117 Å². The Morgan fingerprint density at radius 2 is 2.00 bits per heavy atom. The van der Waals surface area contributed by atoms with Crippen molar-refractivity contribution in [3.8, 4) is 5.69 Å². The lowest BCUT2D eigenvalue weighted by atomic mass is 10.1. The largest absolute Gasteiger partial charge is 0.481 e. The van der Waals surface area contributed by atoms with Crippen molar-refractivity contribution in [1.29, 1.82) is 0 Å². The first-order chi connectivity index (χ1) is 12.9. The normalized spacial score (nSPS) is 11.7. The zero-order valence-electron chi connectivity index (χ0n) is 13.9. The van der Waals surface area contributed by atoms with Crippen LogP contribution in [-0.4, -0.2) is 31.7 Å². The van der Waals surface area contributed by atoms with Gasteiger partial charge in [0.25, 0.3) is 11.5 Å². The molecule has 0 radical (unpaired) electrons. The van der Waals surface area contributed by atoms with Crippen molar-refractivity contribution >= 4 is 23.5 Å². The van der Waals surface area contributed by atoms with Gasteiger partial charge in [-0.2, -0.15) is 0 Å². The zero-order valence-corrected chi connectivity index (χ0v) is 14.7. The third kappa shape index (κ3) is 4.42. The molecule has 0 saturated heterocycles. The number of pyridine rings is 1. The Balaban J connectivity index is 1.84. The van der Waals surface area contributed by atoms with E-state index in [0.29, 0.717) is 16.3 Å². The van der Waals surface area contributed by atoms with Crippen molar-refractivity contribution in [2.75, 3.05) is 0 Å². The fraction of sp³-hybridized carbons (Fsp3) is 0.111. The van der Waals surface area contributed by atoms with Gasteiger partial charge in [-0.05, 0) is 35.9 Å². The van der Waals surface area contributed by atoms with Gasteiger partial charge < -0.3 is 10.4 Å². The van der Waals surface area contributed by atoms with Crippen molar-refractivity contribution in [2.24, 2.45) is 0 Å². The van der Waals surface area contributed by atoms with Gasteiger partial charge in [0.05, 0.1) is 18.2 Å². The van der Waals surface area contributed by atoms with Crippen molar-refractivity contribution in [1.82, 2.24) is 20.1 Å². The van der Waals surface area contributed by atoms with E-state index < -0.39 is 23.5 Å². The number of hydrogen-bond acceptors (Lipinski definition) is 4. The standard InChI is InChI=1S/C18H15ClN4O4/c19-12-3-5-13(6-4-12)23-16(24)8-15(22-23)18(27)21-14(9-17(25)26)11-2-1-7-20-10-11/h1-8,10,14,22H,9H2,(H,21,27)(H,25,26)/t14-/m0/s1. The fourth-order valence-corrected chi connectivity index (χ4v) is 2.67. The van der Waals surface area contributed by atoms with Crippen LogP contribution in [-0.2, 0) is 4.79 Å². The summed E-state index contributed by atoms with van der Waals surface area (Å²) >= 11 is 5.84. The molecule has 0 fully saturated rings. The van der Waals surface area contributed by atoms with Crippen LogP contribution in [0.25, 0.3) is 5.69 Å². The zero-order chi connectivity index (χ0) is 19.4. The molecule has 0 aliphatic heterocycles. The van der Waals surface area contributed by atoms with E-state index in [0.717, 1.165) is 6.07 Å². The predicted molar refractivity (Wildman–Crippen MR) is 98.1 cm³/mol. The summed E-state index contributed by atoms with van der Waals surface area (Å²) in [7, 11) is 0. The van der Waals surface area contributed by atoms with Crippen LogP contribution in [0.2, 0.25) is 5.02 Å². The number of halogens is 1. The molecule has 0 spiro atoms. The van der Waals surface area contributed by atoms with E-state index in [1.54, 1.807) is 42.6 Å². The molecule has 0 aliphatic rings. The molecule has 0 aliphatic carbocycles. The Bertz CT molecular complexity index is 1010. The first-order valence-electron chi connectivity index (χ1n) is 7.94. The van der Waals surface area contributed by atoms with Gasteiger partial charge in [0.2, 0.25) is 0 Å². The third-order valence-electron chi connectivity index (χ3n) is 3.82. The molecule has 138 valence electrons. The number of benzene rings is 1. The Hall–Kier alpha value is -3.39. The molecule has 3 aromatic rings. The highest BCUT2D eigenvalue weighted by atomic mass is 35.5. The minimum absolute atomic E-state index is 0.00855. The van der Waals surface area contributed by atoms with Gasteiger partial charge in [-0.15, -0.1) is 0 Å². The fourth-order valence-electron chi connectivity index (χ4n) is 2.54. The summed E-state index contributed by atoms with van der Waals surface area (Å²) in [5.41, 5.74) is 0.637. The molecule has 27 heavy (non-hydrogen) atoms. The second-order valence-electron chi connectivity index (χ2n) is 5.73. The number of carbonyl (C=O) groups excluding carboxylic acids is 1. The Kier molecular flexibility index (Phi) is 5.37. The van der Waals surface area contributed by atoms with Gasteiger partial charge in [-0.3, -0.25) is 24.5 Å². The number of nitrogens with one attached hydrogen (secondary N) is 2. The van der Waals surface area contributed by atoms with Crippen LogP contribution in [0.4, 0.5) is 0 Å². The third-order valence-corrected chi connectivity index (χ3v) is 4.07. The van der Waals surface area contributed by atoms with E-state index in [2.05, 4.69) is 15.4 Å². The maximum absolute atomic E-state index is 12.5. The van der Waals surface area contributed by atoms with Gasteiger partial charge in [-0.1, -0.05) is 17.7 Å². The van der Waals surface area contributed by atoms with Crippen LogP contribution in [0.5, 0.6) is 0 Å². The number of carboxylic acids is 1. The molecule has 9 heteroatoms. The summed E-state index contributed by atoms with van der Waals surface area (Å²) in [6.07, 6.45) is 2.71. The maximum atomic E-state index is 12.5. The van der Waals surface area contributed by atoms with Crippen LogP contribution in [0.1, 0.15) is 28.5 Å². The summed E-state index contributed by atoms with van der Waals surface area (Å²) in [5, 5.41) is 15.0. The van der Waals surface area contributed by atoms with Crippen LogP contribution in [0.15, 0.2) is 59.7 Å². The number of aromatic nitrogens is 3. The minimum Gasteiger partial charge on any atom is -0.481 e. The number of carboxylic acid groups (broad SMARTS) is 1. The molecule has 2 heterocycles. The molecule has 0 saturated carbocycles. The molecular formula is C18H15ClN4O4. The Morgan fingerprint density at radius 1 is 1.26 bits per heavy atom. The van der Waals surface area contributed by atoms with E-state index in [9.17, 15) is 14.4 Å². The first kappa shape index (κ1) is 18.4. The number of nitrogens with zero attached hydrogens (tertiary/aromatic N) is 2. The summed E-state index contributed by atoms with van der Waals surface area (Å²) in [6, 6.07) is 10.2. The average Bonchev–Trinajstić information content (AvgIpc) is 3.04. The number of amides is 1. The Morgan fingerprint density at radius 3 is 2.63 bits per heavy atom.